The lowest BCUT2D eigenvalue weighted by Gasteiger charge is -2.09. The van der Waals surface area contributed by atoms with E-state index in [0.29, 0.717) is 10.1 Å². The van der Waals surface area contributed by atoms with Crippen LogP contribution < -0.4 is 10.6 Å². The number of alkyl halides is 2. The number of carbonyl (C=O) groups is 2. The summed E-state index contributed by atoms with van der Waals surface area (Å²) in [5.74, 6) is -2.62. The number of aromatic nitrogens is 2. The highest BCUT2D eigenvalue weighted by molar-refractivity contribution is 6.39. The normalized spacial score (nSPS) is 10.7. The van der Waals surface area contributed by atoms with E-state index in [0.717, 1.165) is 6.20 Å². The zero-order chi connectivity index (χ0) is 17.7. The van der Waals surface area contributed by atoms with E-state index >= 15 is 0 Å². The number of carbonyl (C=O) groups excluding carboxylic acids is 2. The molecule has 0 aliphatic heterocycles. The maximum atomic E-state index is 13.6. The lowest BCUT2D eigenvalue weighted by molar-refractivity contribution is -0.136. The summed E-state index contributed by atoms with van der Waals surface area (Å²) in [6.07, 6.45) is 2.36. The van der Waals surface area contributed by atoms with Crippen LogP contribution >= 0.6 is 0 Å². The van der Waals surface area contributed by atoms with Gasteiger partial charge in [-0.25, -0.2) is 9.37 Å². The number of hydrogen-bond donors (Lipinski definition) is 2. The summed E-state index contributed by atoms with van der Waals surface area (Å²) in [6.45, 7) is -1.11. The molecule has 0 radical (unpaired) electrons. The molecule has 128 valence electrons. The van der Waals surface area contributed by atoms with Crippen molar-refractivity contribution in [3.8, 4) is 0 Å². The van der Waals surface area contributed by atoms with Crippen molar-refractivity contribution in [3.05, 3.63) is 47.8 Å². The number of aryl methyl sites for hydroxylation is 1. The van der Waals surface area contributed by atoms with E-state index in [2.05, 4.69) is 15.6 Å². The Hall–Kier alpha value is -2.84. The number of nitrogens with zero attached hydrogens (tertiary/aromatic N) is 2. The largest absolute Gasteiger partial charge is 0.347 e. The molecule has 1 aromatic carbocycles. The molecule has 9 heteroatoms. The predicted molar refractivity (Wildman–Crippen MR) is 80.0 cm³/mol. The molecule has 0 fully saturated rings. The Morgan fingerprint density at radius 2 is 2.04 bits per heavy atom. The Morgan fingerprint density at radius 3 is 2.71 bits per heavy atom. The quantitative estimate of drug-likeness (QED) is 0.818. The molecule has 0 spiro atoms. The topological polar surface area (TPSA) is 76.0 Å². The van der Waals surface area contributed by atoms with Crippen molar-refractivity contribution >= 4 is 17.5 Å². The Bertz CT molecular complexity index is 746. The number of nitrogens with one attached hydrogen (secondary N) is 2. The van der Waals surface area contributed by atoms with Crippen LogP contribution in [-0.2, 0) is 16.0 Å². The van der Waals surface area contributed by atoms with Gasteiger partial charge < -0.3 is 10.6 Å². The SMILES string of the molecule is Cc1ccc(NC(=O)C(=O)NCCc2nccn2C(F)F)c(F)c1. The Kier molecular flexibility index (Phi) is 5.56. The van der Waals surface area contributed by atoms with Crippen LogP contribution in [0.2, 0.25) is 0 Å². The first-order valence-electron chi connectivity index (χ1n) is 7.03. The molecule has 0 aliphatic rings. The van der Waals surface area contributed by atoms with Gasteiger partial charge in [0.2, 0.25) is 0 Å². The summed E-state index contributed by atoms with van der Waals surface area (Å²) in [7, 11) is 0. The van der Waals surface area contributed by atoms with Crippen molar-refractivity contribution < 1.29 is 22.8 Å². The fourth-order valence-corrected chi connectivity index (χ4v) is 1.98. The van der Waals surface area contributed by atoms with E-state index in [1.165, 1.54) is 18.3 Å². The molecule has 2 rings (SSSR count). The van der Waals surface area contributed by atoms with Gasteiger partial charge in [0.25, 0.3) is 0 Å². The highest BCUT2D eigenvalue weighted by Crippen LogP contribution is 2.15. The molecule has 0 atom stereocenters. The van der Waals surface area contributed by atoms with Gasteiger partial charge in [-0.3, -0.25) is 14.2 Å². The van der Waals surface area contributed by atoms with Gasteiger partial charge in [-0.1, -0.05) is 6.07 Å². The average molecular weight is 340 g/mol. The van der Waals surface area contributed by atoms with Crippen molar-refractivity contribution in [2.24, 2.45) is 0 Å². The van der Waals surface area contributed by atoms with Crippen LogP contribution in [0, 0.1) is 12.7 Å². The summed E-state index contributed by atoms with van der Waals surface area (Å²) in [5, 5.41) is 4.41. The summed E-state index contributed by atoms with van der Waals surface area (Å²) in [5.41, 5.74) is 0.554. The number of amides is 2. The van der Waals surface area contributed by atoms with Crippen molar-refractivity contribution in [2.45, 2.75) is 19.9 Å². The van der Waals surface area contributed by atoms with Gasteiger partial charge in [0.05, 0.1) is 5.69 Å². The van der Waals surface area contributed by atoms with Gasteiger partial charge >= 0.3 is 18.4 Å². The van der Waals surface area contributed by atoms with Gasteiger partial charge in [0.1, 0.15) is 11.6 Å². The lowest BCUT2D eigenvalue weighted by Crippen LogP contribution is -2.36. The molecule has 0 aliphatic carbocycles. The molecule has 2 aromatic rings. The molecular formula is C15H15F3N4O2. The average Bonchev–Trinajstić information content (AvgIpc) is 2.98. The van der Waals surface area contributed by atoms with Crippen LogP contribution in [0.5, 0.6) is 0 Å². The molecule has 24 heavy (non-hydrogen) atoms. The fraction of sp³-hybridized carbons (Fsp3) is 0.267. The van der Waals surface area contributed by atoms with Crippen molar-refractivity contribution in [2.75, 3.05) is 11.9 Å². The smallest absolute Gasteiger partial charge is 0.319 e. The minimum atomic E-state index is -2.73. The maximum absolute atomic E-state index is 13.6. The number of imidazole rings is 1. The minimum absolute atomic E-state index is 0.0231. The van der Waals surface area contributed by atoms with Gasteiger partial charge in [-0.05, 0) is 24.6 Å². The molecule has 0 bridgehead atoms. The highest BCUT2D eigenvalue weighted by Gasteiger charge is 2.16. The first kappa shape index (κ1) is 17.5. The van der Waals surface area contributed by atoms with Crippen molar-refractivity contribution in [1.82, 2.24) is 14.9 Å². The van der Waals surface area contributed by atoms with Gasteiger partial charge in [-0.15, -0.1) is 0 Å². The molecule has 0 unspecified atom stereocenters. The Labute approximate surface area is 135 Å². The van der Waals surface area contributed by atoms with E-state index < -0.39 is 24.2 Å². The van der Waals surface area contributed by atoms with E-state index in [1.54, 1.807) is 13.0 Å². The summed E-state index contributed by atoms with van der Waals surface area (Å²) >= 11 is 0. The van der Waals surface area contributed by atoms with Crippen LogP contribution in [0.25, 0.3) is 0 Å². The molecule has 1 aromatic heterocycles. The van der Waals surface area contributed by atoms with Crippen LogP contribution in [0.1, 0.15) is 17.9 Å². The van der Waals surface area contributed by atoms with Gasteiger partial charge in [0, 0.05) is 25.4 Å². The second-order valence-electron chi connectivity index (χ2n) is 4.97. The second kappa shape index (κ2) is 7.62. The molecular weight excluding hydrogens is 325 g/mol. The number of benzene rings is 1. The third-order valence-corrected chi connectivity index (χ3v) is 3.17. The minimum Gasteiger partial charge on any atom is -0.347 e. The highest BCUT2D eigenvalue weighted by atomic mass is 19.3. The summed E-state index contributed by atoms with van der Waals surface area (Å²) in [6, 6.07) is 4.15. The summed E-state index contributed by atoms with van der Waals surface area (Å²) < 4.78 is 39.5. The molecule has 2 amide bonds. The fourth-order valence-electron chi connectivity index (χ4n) is 1.98. The summed E-state index contributed by atoms with van der Waals surface area (Å²) in [4.78, 5) is 27.1. The first-order valence-corrected chi connectivity index (χ1v) is 7.03. The standard InChI is InChI=1S/C15H15F3N4O2/c1-9-2-3-11(10(16)8-9)21-14(24)13(23)20-5-4-12-19-6-7-22(12)15(17)18/h2-3,6-8,15H,4-5H2,1H3,(H,20,23)(H,21,24). The zero-order valence-corrected chi connectivity index (χ0v) is 12.7. The lowest BCUT2D eigenvalue weighted by atomic mass is 10.2. The Balaban J connectivity index is 1.86. The van der Waals surface area contributed by atoms with Crippen molar-refractivity contribution in [3.63, 3.8) is 0 Å². The predicted octanol–water partition coefficient (Wildman–Crippen LogP) is 2.02. The molecule has 2 N–H and O–H groups in total. The zero-order valence-electron chi connectivity index (χ0n) is 12.7. The molecule has 0 saturated carbocycles. The van der Waals surface area contributed by atoms with Crippen molar-refractivity contribution in [1.29, 1.82) is 0 Å². The van der Waals surface area contributed by atoms with Crippen LogP contribution in [0.3, 0.4) is 0 Å². The van der Waals surface area contributed by atoms with E-state index in [-0.39, 0.29) is 24.5 Å². The maximum Gasteiger partial charge on any atom is 0.319 e. The van der Waals surface area contributed by atoms with E-state index in [9.17, 15) is 22.8 Å². The number of halogens is 3. The van der Waals surface area contributed by atoms with E-state index in [4.69, 9.17) is 0 Å². The monoisotopic (exact) mass is 340 g/mol. The molecule has 0 saturated heterocycles. The third-order valence-electron chi connectivity index (χ3n) is 3.17. The van der Waals surface area contributed by atoms with Crippen LogP contribution in [0.4, 0.5) is 18.9 Å². The van der Waals surface area contributed by atoms with Crippen LogP contribution in [-0.4, -0.2) is 27.9 Å². The van der Waals surface area contributed by atoms with Crippen LogP contribution in [0.15, 0.2) is 30.6 Å². The number of hydrogen-bond acceptors (Lipinski definition) is 3. The molecule has 6 nitrogen and oxygen atoms in total. The number of rotatable bonds is 5. The first-order chi connectivity index (χ1) is 11.4. The third kappa shape index (κ3) is 4.34. The van der Waals surface area contributed by atoms with Gasteiger partial charge in [0.15, 0.2) is 0 Å². The second-order valence-corrected chi connectivity index (χ2v) is 4.97. The molecule has 1 heterocycles. The number of anilines is 1. The van der Waals surface area contributed by atoms with Gasteiger partial charge in [-0.2, -0.15) is 8.78 Å². The van der Waals surface area contributed by atoms with E-state index in [1.807, 2.05) is 0 Å². The Morgan fingerprint density at radius 1 is 1.29 bits per heavy atom.